The number of hydrogen-bond donors (Lipinski definition) is 1. The Hall–Kier alpha value is -1.59. The maximum atomic E-state index is 11.4. The Kier molecular flexibility index (Phi) is 4.12. The molecule has 1 heterocycles. The van der Waals surface area contributed by atoms with Crippen molar-refractivity contribution in [1.82, 2.24) is 4.98 Å². The first kappa shape index (κ1) is 14.4. The average Bonchev–Trinajstić information content (AvgIpc) is 2.49. The molecule has 0 aliphatic heterocycles. The van der Waals surface area contributed by atoms with Crippen molar-refractivity contribution >= 4 is 29.0 Å². The van der Waals surface area contributed by atoms with E-state index in [1.54, 1.807) is 18.0 Å². The number of rotatable bonds is 6. The highest BCUT2D eigenvalue weighted by Crippen LogP contribution is 2.47. The van der Waals surface area contributed by atoms with E-state index in [0.717, 1.165) is 41.3 Å². The summed E-state index contributed by atoms with van der Waals surface area (Å²) in [6.45, 7) is 0.257. The van der Waals surface area contributed by atoms with Crippen LogP contribution in [0, 0.1) is 0 Å². The highest BCUT2D eigenvalue weighted by Gasteiger charge is 2.38. The molecule has 1 aromatic carbocycles. The topological polar surface area (TPSA) is 59.4 Å². The zero-order chi connectivity index (χ0) is 14.7. The molecule has 0 spiro atoms. The molecule has 21 heavy (non-hydrogen) atoms. The lowest BCUT2D eigenvalue weighted by Crippen LogP contribution is -2.34. The third-order valence-electron chi connectivity index (χ3n) is 3.76. The van der Waals surface area contributed by atoms with Gasteiger partial charge in [0.15, 0.2) is 0 Å². The summed E-state index contributed by atoms with van der Waals surface area (Å²) in [4.78, 5) is 16.8. The summed E-state index contributed by atoms with van der Waals surface area (Å²) in [6, 6.07) is 7.63. The van der Waals surface area contributed by atoms with Crippen LogP contribution in [0.3, 0.4) is 0 Å². The first-order valence-electron chi connectivity index (χ1n) is 7.04. The number of nitrogens with zero attached hydrogens (tertiary/aromatic N) is 1. The Morgan fingerprint density at radius 2 is 2.24 bits per heavy atom. The fourth-order valence-electron chi connectivity index (χ4n) is 2.43. The molecule has 2 aromatic rings. The zero-order valence-electron chi connectivity index (χ0n) is 11.6. The summed E-state index contributed by atoms with van der Waals surface area (Å²) in [5, 5.41) is 9.83. The van der Waals surface area contributed by atoms with Crippen LogP contribution in [0.4, 0.5) is 0 Å². The van der Waals surface area contributed by atoms with E-state index in [1.807, 2.05) is 24.3 Å². The van der Waals surface area contributed by atoms with E-state index >= 15 is 0 Å². The van der Waals surface area contributed by atoms with E-state index < -0.39 is 0 Å². The van der Waals surface area contributed by atoms with Crippen molar-refractivity contribution in [2.75, 3.05) is 13.2 Å². The van der Waals surface area contributed by atoms with Gasteiger partial charge in [-0.2, -0.15) is 0 Å². The lowest BCUT2D eigenvalue weighted by Gasteiger charge is -2.36. The van der Waals surface area contributed by atoms with Crippen LogP contribution < -0.4 is 4.74 Å². The monoisotopic (exact) mass is 303 g/mol. The molecule has 1 saturated carbocycles. The highest BCUT2D eigenvalue weighted by molar-refractivity contribution is 8.01. The fourth-order valence-corrected chi connectivity index (χ4v) is 3.81. The number of benzene rings is 1. The van der Waals surface area contributed by atoms with Crippen molar-refractivity contribution < 1.29 is 14.6 Å². The molecular formula is C16H17NO3S. The SMILES string of the molecule is O=CC1(Sc2ccnc3ccc(OCCO)cc23)CCC1. The third-order valence-corrected chi connectivity index (χ3v) is 5.25. The van der Waals surface area contributed by atoms with Crippen LogP contribution >= 0.6 is 11.8 Å². The number of carbonyl (C=O) groups is 1. The number of carbonyl (C=O) groups excluding carboxylic acids is 1. The molecule has 0 bridgehead atoms. The second kappa shape index (κ2) is 6.03. The molecule has 1 aliphatic carbocycles. The van der Waals surface area contributed by atoms with Crippen LogP contribution in [0.25, 0.3) is 10.9 Å². The summed E-state index contributed by atoms with van der Waals surface area (Å²) in [6.07, 6.45) is 5.84. The summed E-state index contributed by atoms with van der Waals surface area (Å²) in [7, 11) is 0. The van der Waals surface area contributed by atoms with Gasteiger partial charge in [0.2, 0.25) is 0 Å². The minimum atomic E-state index is -0.268. The van der Waals surface area contributed by atoms with Gasteiger partial charge in [-0.15, -0.1) is 11.8 Å². The van der Waals surface area contributed by atoms with E-state index in [1.165, 1.54) is 0 Å². The van der Waals surface area contributed by atoms with Crippen molar-refractivity contribution in [3.63, 3.8) is 0 Å². The summed E-state index contributed by atoms with van der Waals surface area (Å²) in [5.41, 5.74) is 0.886. The van der Waals surface area contributed by atoms with Crippen LogP contribution in [0.2, 0.25) is 0 Å². The Bertz CT molecular complexity index is 655. The minimum Gasteiger partial charge on any atom is -0.491 e. The van der Waals surface area contributed by atoms with Crippen molar-refractivity contribution in [1.29, 1.82) is 0 Å². The van der Waals surface area contributed by atoms with Gasteiger partial charge in [0.25, 0.3) is 0 Å². The first-order chi connectivity index (χ1) is 10.3. The largest absolute Gasteiger partial charge is 0.491 e. The molecule has 0 saturated heterocycles. The predicted octanol–water partition coefficient (Wildman–Crippen LogP) is 2.82. The van der Waals surface area contributed by atoms with Gasteiger partial charge in [-0.3, -0.25) is 4.98 Å². The minimum absolute atomic E-state index is 0.0130. The fraction of sp³-hybridized carbons (Fsp3) is 0.375. The molecule has 1 fully saturated rings. The van der Waals surface area contributed by atoms with Gasteiger partial charge < -0.3 is 14.6 Å². The van der Waals surface area contributed by atoms with Crippen molar-refractivity contribution in [2.24, 2.45) is 0 Å². The Balaban J connectivity index is 1.95. The van der Waals surface area contributed by atoms with Crippen LogP contribution in [-0.4, -0.2) is 34.3 Å². The van der Waals surface area contributed by atoms with Gasteiger partial charge in [-0.25, -0.2) is 0 Å². The van der Waals surface area contributed by atoms with Gasteiger partial charge in [0.1, 0.15) is 18.6 Å². The van der Waals surface area contributed by atoms with E-state index in [4.69, 9.17) is 9.84 Å². The Labute approximate surface area is 127 Å². The summed E-state index contributed by atoms with van der Waals surface area (Å²) in [5.74, 6) is 0.708. The maximum absolute atomic E-state index is 11.4. The Morgan fingerprint density at radius 1 is 1.38 bits per heavy atom. The summed E-state index contributed by atoms with van der Waals surface area (Å²) >= 11 is 1.63. The van der Waals surface area contributed by atoms with Crippen LogP contribution in [0.15, 0.2) is 35.4 Å². The van der Waals surface area contributed by atoms with E-state index in [2.05, 4.69) is 4.98 Å². The molecule has 1 aliphatic rings. The molecule has 1 aromatic heterocycles. The van der Waals surface area contributed by atoms with Crippen molar-refractivity contribution in [3.8, 4) is 5.75 Å². The average molecular weight is 303 g/mol. The molecular weight excluding hydrogens is 286 g/mol. The van der Waals surface area contributed by atoms with E-state index in [0.29, 0.717) is 5.75 Å². The van der Waals surface area contributed by atoms with Gasteiger partial charge in [0, 0.05) is 16.5 Å². The predicted molar refractivity (Wildman–Crippen MR) is 82.8 cm³/mol. The summed E-state index contributed by atoms with van der Waals surface area (Å²) < 4.78 is 5.19. The highest BCUT2D eigenvalue weighted by atomic mass is 32.2. The maximum Gasteiger partial charge on any atom is 0.136 e. The molecule has 0 unspecified atom stereocenters. The second-order valence-corrected chi connectivity index (χ2v) is 6.66. The second-order valence-electron chi connectivity index (χ2n) is 5.20. The molecule has 3 rings (SSSR count). The zero-order valence-corrected chi connectivity index (χ0v) is 12.4. The molecule has 0 atom stereocenters. The number of thioether (sulfide) groups is 1. The number of aliphatic hydroxyl groups is 1. The number of aromatic nitrogens is 1. The number of pyridine rings is 1. The molecule has 0 radical (unpaired) electrons. The van der Waals surface area contributed by atoms with Crippen LogP contribution in [-0.2, 0) is 4.79 Å². The standard InChI is InChI=1S/C16H17NO3S/c18-8-9-20-12-2-3-14-13(10-12)15(4-7-17-14)21-16(11-19)5-1-6-16/h2-4,7,10-11,18H,1,5-6,8-9H2. The number of aliphatic hydroxyl groups excluding tert-OH is 1. The smallest absolute Gasteiger partial charge is 0.136 e. The number of aldehydes is 1. The van der Waals surface area contributed by atoms with Gasteiger partial charge >= 0.3 is 0 Å². The lowest BCUT2D eigenvalue weighted by molar-refractivity contribution is -0.111. The van der Waals surface area contributed by atoms with Crippen LogP contribution in [0.1, 0.15) is 19.3 Å². The van der Waals surface area contributed by atoms with Crippen LogP contribution in [0.5, 0.6) is 5.75 Å². The molecule has 4 nitrogen and oxygen atoms in total. The van der Waals surface area contributed by atoms with Crippen molar-refractivity contribution in [2.45, 2.75) is 28.9 Å². The van der Waals surface area contributed by atoms with Crippen molar-refractivity contribution in [3.05, 3.63) is 30.5 Å². The number of fused-ring (bicyclic) bond motifs is 1. The lowest BCUT2D eigenvalue weighted by atomic mass is 9.86. The normalized spacial score (nSPS) is 16.4. The molecule has 5 heteroatoms. The molecule has 1 N–H and O–H groups in total. The molecule has 110 valence electrons. The van der Waals surface area contributed by atoms with E-state index in [9.17, 15) is 4.79 Å². The van der Waals surface area contributed by atoms with Gasteiger partial charge in [-0.05, 0) is 43.5 Å². The van der Waals surface area contributed by atoms with E-state index in [-0.39, 0.29) is 18.0 Å². The van der Waals surface area contributed by atoms with Gasteiger partial charge in [-0.1, -0.05) is 0 Å². The third kappa shape index (κ3) is 2.89. The quantitative estimate of drug-likeness (QED) is 0.832. The molecule has 0 amide bonds. The number of hydrogen-bond acceptors (Lipinski definition) is 5. The number of ether oxygens (including phenoxy) is 1. The first-order valence-corrected chi connectivity index (χ1v) is 7.86. The van der Waals surface area contributed by atoms with Gasteiger partial charge in [0.05, 0.1) is 16.9 Å². The Morgan fingerprint density at radius 3 is 2.90 bits per heavy atom.